The first-order valence-electron chi connectivity index (χ1n) is 7.91. The van der Waals surface area contributed by atoms with Crippen molar-refractivity contribution in [2.75, 3.05) is 0 Å². The predicted molar refractivity (Wildman–Crippen MR) is 115 cm³/mol. The maximum absolute atomic E-state index is 12.5. The Balaban J connectivity index is 0.00000300. The van der Waals surface area contributed by atoms with Gasteiger partial charge < -0.3 is 9.46 Å². The Labute approximate surface area is 209 Å². The van der Waals surface area contributed by atoms with Crippen molar-refractivity contribution < 1.29 is 47.5 Å². The Morgan fingerprint density at radius 1 is 1.10 bits per heavy atom. The Hall–Kier alpha value is -1.17. The van der Waals surface area contributed by atoms with Crippen molar-refractivity contribution in [3.63, 3.8) is 0 Å². The van der Waals surface area contributed by atoms with E-state index in [0.29, 0.717) is 10.8 Å². The van der Waals surface area contributed by atoms with Gasteiger partial charge in [-0.15, -0.1) is 5.69 Å². The molecule has 2 aromatic carbocycles. The molecule has 0 bridgehead atoms. The number of aromatic nitrogens is 1. The summed E-state index contributed by atoms with van der Waals surface area (Å²) in [6.07, 6.45) is 2.91. The zero-order valence-corrected chi connectivity index (χ0v) is 21.2. The van der Waals surface area contributed by atoms with Gasteiger partial charge in [0.05, 0.1) is 21.7 Å². The second kappa shape index (κ2) is 10.2. The number of benzene rings is 2. The van der Waals surface area contributed by atoms with Crippen LogP contribution in [0.3, 0.4) is 0 Å². The molecule has 0 saturated heterocycles. The quantitative estimate of drug-likeness (QED) is 0.268. The summed E-state index contributed by atoms with van der Waals surface area (Å²) in [5, 5.41) is 0.386. The van der Waals surface area contributed by atoms with Crippen LogP contribution in [0.15, 0.2) is 65.8 Å². The largest absolute Gasteiger partial charge is 1.00 e. The molecule has 1 aromatic heterocycles. The van der Waals surface area contributed by atoms with Crippen LogP contribution in [0, 0.1) is 3.57 Å². The first-order chi connectivity index (χ1) is 13.2. The summed E-state index contributed by atoms with van der Waals surface area (Å²) in [5.41, 5.74) is 0.319. The fraction of sp³-hybridized carbons (Fsp3) is 0.0526. The standard InChI is InChI=1S/C19H13ClIN2O4S.Na/c1-12(24)18-9-15(23-28(25,26)17-5-2-14(21)3-6-17)4-7-19(18)27-16-8-13(20)10-22-11-16;/h2-11H,1H3;/q-1;+1. The molecule has 0 radical (unpaired) electrons. The molecule has 0 aliphatic carbocycles. The molecule has 29 heavy (non-hydrogen) atoms. The number of Topliss-reactive ketones (excluding diaryl/α,β-unsaturated/α-hetero) is 1. The van der Waals surface area contributed by atoms with Gasteiger partial charge in [0.25, 0.3) is 0 Å². The van der Waals surface area contributed by atoms with Crippen LogP contribution in [0.4, 0.5) is 5.69 Å². The van der Waals surface area contributed by atoms with Crippen LogP contribution < -0.4 is 34.3 Å². The van der Waals surface area contributed by atoms with Gasteiger partial charge in [-0.25, -0.2) is 8.42 Å². The van der Waals surface area contributed by atoms with Crippen LogP contribution in [-0.2, 0) is 10.0 Å². The SMILES string of the molecule is CC(=O)c1cc([N-]S(=O)(=O)c2ccc(I)cc2)ccc1Oc1cncc(Cl)c1.[Na+]. The van der Waals surface area contributed by atoms with E-state index < -0.39 is 10.0 Å². The average molecular weight is 551 g/mol. The number of ketones is 1. The Morgan fingerprint density at radius 3 is 2.41 bits per heavy atom. The van der Waals surface area contributed by atoms with Crippen LogP contribution in [0.2, 0.25) is 5.02 Å². The molecule has 0 spiro atoms. The summed E-state index contributed by atoms with van der Waals surface area (Å²) in [7, 11) is -3.91. The van der Waals surface area contributed by atoms with Gasteiger partial charge in [0, 0.05) is 15.8 Å². The molecule has 0 amide bonds. The van der Waals surface area contributed by atoms with Crippen LogP contribution >= 0.6 is 34.2 Å². The molecular weight excluding hydrogens is 538 g/mol. The van der Waals surface area contributed by atoms with E-state index in [0.717, 1.165) is 3.57 Å². The zero-order valence-electron chi connectivity index (χ0n) is 15.5. The van der Waals surface area contributed by atoms with E-state index in [-0.39, 0.29) is 57.2 Å². The molecule has 0 N–H and O–H groups in total. The zero-order chi connectivity index (χ0) is 20.3. The van der Waals surface area contributed by atoms with E-state index in [1.165, 1.54) is 49.6 Å². The van der Waals surface area contributed by atoms with Crippen LogP contribution in [0.5, 0.6) is 11.5 Å². The molecular formula is C19H13ClIN2NaO4S. The molecule has 1 heterocycles. The maximum atomic E-state index is 12.5. The number of sulfonamides is 1. The van der Waals surface area contributed by atoms with Crippen molar-refractivity contribution in [3.05, 3.63) is 79.8 Å². The summed E-state index contributed by atoms with van der Waals surface area (Å²) < 4.78 is 35.4. The minimum atomic E-state index is -3.91. The predicted octanol–water partition coefficient (Wildman–Crippen LogP) is 2.73. The second-order valence-electron chi connectivity index (χ2n) is 5.70. The molecule has 0 unspecified atom stereocenters. The maximum Gasteiger partial charge on any atom is 1.00 e. The van der Waals surface area contributed by atoms with Crippen LogP contribution in [0.25, 0.3) is 4.72 Å². The number of ether oxygens (including phenoxy) is 1. The van der Waals surface area contributed by atoms with Gasteiger partial charge in [0.15, 0.2) is 5.78 Å². The molecule has 3 aromatic rings. The molecule has 144 valence electrons. The van der Waals surface area contributed by atoms with Gasteiger partial charge in [-0.3, -0.25) is 9.78 Å². The third kappa shape index (κ3) is 6.40. The molecule has 6 nitrogen and oxygen atoms in total. The Morgan fingerprint density at radius 2 is 1.79 bits per heavy atom. The summed E-state index contributed by atoms with van der Waals surface area (Å²) >= 11 is 7.97. The smallest absolute Gasteiger partial charge is 0.573 e. The second-order valence-corrected chi connectivity index (χ2v) is 8.98. The van der Waals surface area contributed by atoms with Crippen molar-refractivity contribution in [1.29, 1.82) is 0 Å². The van der Waals surface area contributed by atoms with Crippen molar-refractivity contribution in [3.8, 4) is 11.5 Å². The molecule has 10 heteroatoms. The topological polar surface area (TPSA) is 87.4 Å². The van der Waals surface area contributed by atoms with Gasteiger partial charge in [0.2, 0.25) is 0 Å². The van der Waals surface area contributed by atoms with E-state index in [4.69, 9.17) is 16.3 Å². The van der Waals surface area contributed by atoms with Gasteiger partial charge in [-0.1, -0.05) is 23.7 Å². The number of carbonyl (C=O) groups is 1. The van der Waals surface area contributed by atoms with Crippen molar-refractivity contribution in [2.24, 2.45) is 0 Å². The van der Waals surface area contributed by atoms with Crippen molar-refractivity contribution in [1.82, 2.24) is 4.98 Å². The van der Waals surface area contributed by atoms with Gasteiger partial charge in [-0.2, -0.15) is 0 Å². The first kappa shape index (κ1) is 24.1. The number of nitrogens with zero attached hydrogens (tertiary/aromatic N) is 2. The summed E-state index contributed by atoms with van der Waals surface area (Å²) in [6.45, 7) is 1.36. The van der Waals surface area contributed by atoms with E-state index in [1.54, 1.807) is 18.2 Å². The van der Waals surface area contributed by atoms with Gasteiger partial charge >= 0.3 is 29.6 Å². The molecule has 0 fully saturated rings. The van der Waals surface area contributed by atoms with E-state index in [9.17, 15) is 13.2 Å². The van der Waals surface area contributed by atoms with Crippen LogP contribution in [0.1, 0.15) is 17.3 Å². The number of hydrogen-bond acceptors (Lipinski definition) is 5. The molecule has 3 rings (SSSR count). The first-order valence-corrected chi connectivity index (χ1v) is 10.8. The summed E-state index contributed by atoms with van der Waals surface area (Å²) in [4.78, 5) is 16.0. The number of rotatable bonds is 6. The number of carbonyl (C=O) groups excluding carboxylic acids is 1. The van der Waals surface area contributed by atoms with Gasteiger partial charge in [0.1, 0.15) is 21.5 Å². The monoisotopic (exact) mass is 550 g/mol. The normalized spacial score (nSPS) is 10.7. The van der Waals surface area contributed by atoms with E-state index >= 15 is 0 Å². The number of halogens is 2. The number of hydrogen-bond donors (Lipinski definition) is 0. The summed E-state index contributed by atoms with van der Waals surface area (Å²) in [6, 6.07) is 12.2. The fourth-order valence-electron chi connectivity index (χ4n) is 2.31. The molecule has 0 aliphatic heterocycles. The third-order valence-corrected chi connectivity index (χ3v) is 5.83. The molecule has 0 aliphatic rings. The van der Waals surface area contributed by atoms with E-state index in [2.05, 4.69) is 32.3 Å². The molecule has 0 atom stereocenters. The van der Waals surface area contributed by atoms with Gasteiger partial charge in [-0.05, 0) is 59.8 Å². The van der Waals surface area contributed by atoms with Crippen LogP contribution in [-0.4, -0.2) is 19.2 Å². The minimum absolute atomic E-state index is 0. The van der Waals surface area contributed by atoms with E-state index in [1.807, 2.05) is 0 Å². The van der Waals surface area contributed by atoms with Crippen molar-refractivity contribution in [2.45, 2.75) is 11.8 Å². The Bertz CT molecular complexity index is 1140. The third-order valence-electron chi connectivity index (χ3n) is 3.59. The fourth-order valence-corrected chi connectivity index (χ4v) is 3.81. The minimum Gasteiger partial charge on any atom is -0.573 e. The average Bonchev–Trinajstić information content (AvgIpc) is 2.63. The van der Waals surface area contributed by atoms with Crippen molar-refractivity contribution >= 4 is 55.7 Å². The number of pyridine rings is 1. The summed E-state index contributed by atoms with van der Waals surface area (Å²) in [5.74, 6) is 0.307. The molecule has 0 saturated carbocycles. The Kier molecular flexibility index (Phi) is 8.50.